The highest BCUT2D eigenvalue weighted by Gasteiger charge is 2.45. The number of nitrogens with one attached hydrogen (secondary N) is 1. The minimum atomic E-state index is -4.58. The summed E-state index contributed by atoms with van der Waals surface area (Å²) in [5, 5.41) is 2.80. The summed E-state index contributed by atoms with van der Waals surface area (Å²) in [6.07, 6.45) is -4.45. The molecule has 0 spiro atoms. The Kier molecular flexibility index (Phi) is 9.78. The van der Waals surface area contributed by atoms with Crippen LogP contribution in [0.1, 0.15) is 75.5 Å². The van der Waals surface area contributed by atoms with Crippen molar-refractivity contribution in [1.29, 1.82) is 0 Å². The molecule has 0 fully saturated rings. The van der Waals surface area contributed by atoms with Gasteiger partial charge in [0.2, 0.25) is 5.91 Å². The highest BCUT2D eigenvalue weighted by atomic mass is 35.5. The third kappa shape index (κ3) is 7.47. The second kappa shape index (κ2) is 11.9. The number of hydrogen-bond acceptors (Lipinski definition) is 3. The van der Waals surface area contributed by atoms with E-state index < -0.39 is 23.9 Å². The lowest BCUT2D eigenvalue weighted by molar-refractivity contribution is -0.178. The molecule has 0 heterocycles. The number of benzene rings is 2. The third-order valence-corrected chi connectivity index (χ3v) is 6.69. The highest BCUT2D eigenvalue weighted by Crippen LogP contribution is 2.39. The Bertz CT molecular complexity index is 1020. The molecule has 0 aliphatic carbocycles. The van der Waals surface area contributed by atoms with Crippen molar-refractivity contribution in [2.75, 3.05) is 12.4 Å². The molecule has 8 heteroatoms. The number of ether oxygens (including phenoxy) is 1. The smallest absolute Gasteiger partial charge is 0.392 e. The van der Waals surface area contributed by atoms with Crippen molar-refractivity contribution in [1.82, 2.24) is 0 Å². The van der Waals surface area contributed by atoms with Crippen LogP contribution in [0.5, 0.6) is 0 Å². The van der Waals surface area contributed by atoms with Crippen LogP contribution in [0.4, 0.5) is 18.9 Å². The van der Waals surface area contributed by atoms with Crippen LogP contribution in [-0.4, -0.2) is 25.2 Å². The monoisotopic (exact) mass is 511 g/mol. The van der Waals surface area contributed by atoms with Gasteiger partial charge >= 0.3 is 12.1 Å². The molecule has 2 aromatic rings. The molecule has 4 nitrogen and oxygen atoms in total. The Morgan fingerprint density at radius 3 is 1.97 bits per heavy atom. The molecule has 0 aliphatic heterocycles. The van der Waals surface area contributed by atoms with Crippen LogP contribution in [0.3, 0.4) is 0 Å². The fourth-order valence-electron chi connectivity index (χ4n) is 4.03. The van der Waals surface area contributed by atoms with Gasteiger partial charge in [-0.1, -0.05) is 76.6 Å². The van der Waals surface area contributed by atoms with E-state index in [0.717, 1.165) is 18.1 Å². The van der Waals surface area contributed by atoms with Crippen molar-refractivity contribution in [2.24, 2.45) is 11.8 Å². The van der Waals surface area contributed by atoms with Crippen molar-refractivity contribution < 1.29 is 27.5 Å². The number of amides is 1. The van der Waals surface area contributed by atoms with Gasteiger partial charge in [0.25, 0.3) is 0 Å². The first-order valence-electron chi connectivity index (χ1n) is 11.6. The molecule has 1 unspecified atom stereocenters. The zero-order chi connectivity index (χ0) is 26.5. The van der Waals surface area contributed by atoms with Crippen LogP contribution in [0, 0.1) is 11.8 Å². The molecule has 0 radical (unpaired) electrons. The van der Waals surface area contributed by atoms with Gasteiger partial charge in [0, 0.05) is 0 Å². The molecule has 1 N–H and O–H groups in total. The molecule has 2 aromatic carbocycles. The van der Waals surface area contributed by atoms with E-state index in [4.69, 9.17) is 16.3 Å². The van der Waals surface area contributed by atoms with E-state index in [1.54, 1.807) is 42.5 Å². The Balaban J connectivity index is 2.43. The summed E-state index contributed by atoms with van der Waals surface area (Å²) in [5.74, 6) is -4.52. The van der Waals surface area contributed by atoms with E-state index >= 15 is 0 Å². The number of methoxy groups -OCH3 is 1. The summed E-state index contributed by atoms with van der Waals surface area (Å²) in [5.41, 5.74) is 2.16. The van der Waals surface area contributed by atoms with Crippen molar-refractivity contribution >= 4 is 29.2 Å². The standard InChI is InChI=1S/C27H33ClF3NO3/c1-15(2)18-7-9-19(10-8-18)25(17(5)27(29,30)31)26(34)32-23-13-20(11-12-22(23)28)21(16(3)4)14-24(33)35-6/h7-13,15-17,21,25H,14H2,1-6H3,(H,32,34)/t17-,21?,25+/m1/s1. The van der Waals surface area contributed by atoms with E-state index in [9.17, 15) is 22.8 Å². The quantitative estimate of drug-likeness (QED) is 0.351. The number of hydrogen-bond donors (Lipinski definition) is 1. The largest absolute Gasteiger partial charge is 0.469 e. The number of carbonyl (C=O) groups excluding carboxylic acids is 2. The van der Waals surface area contributed by atoms with Crippen molar-refractivity contribution in [3.8, 4) is 0 Å². The van der Waals surface area contributed by atoms with E-state index in [1.807, 2.05) is 27.7 Å². The zero-order valence-electron chi connectivity index (χ0n) is 20.9. The number of esters is 1. The van der Waals surface area contributed by atoms with E-state index in [-0.39, 0.29) is 46.4 Å². The van der Waals surface area contributed by atoms with Gasteiger partial charge in [0.1, 0.15) is 0 Å². The summed E-state index contributed by atoms with van der Waals surface area (Å²) in [7, 11) is 1.31. The van der Waals surface area contributed by atoms with Gasteiger partial charge in [-0.05, 0) is 46.6 Å². The van der Waals surface area contributed by atoms with Crippen molar-refractivity contribution in [3.05, 3.63) is 64.2 Å². The lowest BCUT2D eigenvalue weighted by Crippen LogP contribution is -2.34. The summed E-state index contributed by atoms with van der Waals surface area (Å²) in [4.78, 5) is 25.2. The predicted molar refractivity (Wildman–Crippen MR) is 133 cm³/mol. The number of rotatable bonds is 9. The van der Waals surface area contributed by atoms with E-state index in [1.165, 1.54) is 7.11 Å². The maximum Gasteiger partial charge on any atom is 0.392 e. The predicted octanol–water partition coefficient (Wildman–Crippen LogP) is 7.69. The molecule has 0 aliphatic rings. The van der Waals surface area contributed by atoms with Crippen LogP contribution in [0.25, 0.3) is 0 Å². The highest BCUT2D eigenvalue weighted by molar-refractivity contribution is 6.33. The van der Waals surface area contributed by atoms with Gasteiger partial charge in [-0.15, -0.1) is 0 Å². The minimum Gasteiger partial charge on any atom is -0.469 e. The van der Waals surface area contributed by atoms with Crippen molar-refractivity contribution in [2.45, 2.75) is 65.0 Å². The number of alkyl halides is 3. The fourth-order valence-corrected chi connectivity index (χ4v) is 4.19. The summed E-state index contributed by atoms with van der Waals surface area (Å²) >= 11 is 6.30. The van der Waals surface area contributed by atoms with Crippen LogP contribution < -0.4 is 5.32 Å². The topological polar surface area (TPSA) is 55.4 Å². The minimum absolute atomic E-state index is 0.0660. The van der Waals surface area contributed by atoms with Gasteiger partial charge in [-0.25, -0.2) is 0 Å². The van der Waals surface area contributed by atoms with Gasteiger partial charge in [0.05, 0.1) is 36.1 Å². The van der Waals surface area contributed by atoms with Gasteiger partial charge < -0.3 is 10.1 Å². The SMILES string of the molecule is COC(=O)CC(c1ccc(Cl)c(NC(=O)[C@H](c2ccc(C(C)C)cc2)[C@@H](C)C(F)(F)F)c1)C(C)C. The second-order valence-corrected chi connectivity index (χ2v) is 9.90. The summed E-state index contributed by atoms with van der Waals surface area (Å²) < 4.78 is 46.0. The maximum absolute atomic E-state index is 13.7. The molecule has 1 amide bonds. The van der Waals surface area contributed by atoms with E-state index in [2.05, 4.69) is 5.32 Å². The number of anilines is 1. The van der Waals surface area contributed by atoms with Crippen LogP contribution in [-0.2, 0) is 14.3 Å². The average Bonchev–Trinajstić information content (AvgIpc) is 2.78. The van der Waals surface area contributed by atoms with Crippen LogP contribution >= 0.6 is 11.6 Å². The van der Waals surface area contributed by atoms with Gasteiger partial charge in [0.15, 0.2) is 0 Å². The maximum atomic E-state index is 13.7. The second-order valence-electron chi connectivity index (χ2n) is 9.49. The average molecular weight is 512 g/mol. The van der Waals surface area contributed by atoms with Gasteiger partial charge in [-0.2, -0.15) is 13.2 Å². The number of halogens is 4. The fraction of sp³-hybridized carbons (Fsp3) is 0.481. The summed E-state index contributed by atoms with van der Waals surface area (Å²) in [6, 6.07) is 11.6. The molecule has 0 saturated heterocycles. The Morgan fingerprint density at radius 2 is 1.49 bits per heavy atom. The molecular formula is C27H33ClF3NO3. The van der Waals surface area contributed by atoms with Crippen LogP contribution in [0.15, 0.2) is 42.5 Å². The van der Waals surface area contributed by atoms with Crippen molar-refractivity contribution in [3.63, 3.8) is 0 Å². The molecule has 3 atom stereocenters. The molecular weight excluding hydrogens is 479 g/mol. The van der Waals surface area contributed by atoms with Crippen LogP contribution in [0.2, 0.25) is 5.02 Å². The Labute approximate surface area is 210 Å². The first-order chi connectivity index (χ1) is 16.3. The molecule has 192 valence electrons. The normalized spacial score (nSPS) is 14.5. The first-order valence-corrected chi connectivity index (χ1v) is 12.0. The lowest BCUT2D eigenvalue weighted by Gasteiger charge is -2.27. The molecule has 0 bridgehead atoms. The molecule has 35 heavy (non-hydrogen) atoms. The molecule has 0 saturated carbocycles. The van der Waals surface area contributed by atoms with E-state index in [0.29, 0.717) is 0 Å². The molecule has 2 rings (SSSR count). The molecule has 0 aromatic heterocycles. The zero-order valence-corrected chi connectivity index (χ0v) is 21.6. The van der Waals surface area contributed by atoms with Gasteiger partial charge in [-0.3, -0.25) is 9.59 Å². The lowest BCUT2D eigenvalue weighted by atomic mass is 9.84. The number of carbonyl (C=O) groups is 2. The third-order valence-electron chi connectivity index (χ3n) is 6.36. The Hall–Kier alpha value is -2.54. The first kappa shape index (κ1) is 28.7. The summed E-state index contributed by atoms with van der Waals surface area (Å²) in [6.45, 7) is 8.86. The Morgan fingerprint density at radius 1 is 0.943 bits per heavy atom.